The summed E-state index contributed by atoms with van der Waals surface area (Å²) in [6, 6.07) is 18.6. The van der Waals surface area contributed by atoms with Gasteiger partial charge >= 0.3 is 0 Å². The second-order valence-corrected chi connectivity index (χ2v) is 6.46. The first kappa shape index (κ1) is 15.4. The number of phenolic OH excluding ortho intramolecular Hbond substituents is 1. The Morgan fingerprint density at radius 1 is 0.960 bits per heavy atom. The van der Waals surface area contributed by atoms with E-state index in [2.05, 4.69) is 4.98 Å². The number of rotatable bonds is 2. The van der Waals surface area contributed by atoms with Gasteiger partial charge in [0.05, 0.1) is 16.6 Å². The third-order valence-corrected chi connectivity index (χ3v) is 4.40. The van der Waals surface area contributed by atoms with Crippen LogP contribution in [-0.4, -0.2) is 14.7 Å². The molecule has 4 rings (SSSR count). The summed E-state index contributed by atoms with van der Waals surface area (Å²) in [6.45, 7) is 4.02. The SMILES string of the molecule is CC(C)c1nc2cc(O)ccc2c(=O)n1-c1cccc2ccccc12. The lowest BCUT2D eigenvalue weighted by atomic mass is 10.1. The monoisotopic (exact) mass is 330 g/mol. The molecule has 3 aromatic carbocycles. The highest BCUT2D eigenvalue weighted by molar-refractivity contribution is 5.90. The van der Waals surface area contributed by atoms with Crippen molar-refractivity contribution < 1.29 is 5.11 Å². The molecule has 0 aliphatic carbocycles. The molecule has 0 radical (unpaired) electrons. The van der Waals surface area contributed by atoms with E-state index in [1.165, 1.54) is 12.1 Å². The third-order valence-electron chi connectivity index (χ3n) is 4.40. The van der Waals surface area contributed by atoms with E-state index in [1.807, 2.05) is 56.3 Å². The normalized spacial score (nSPS) is 11.5. The van der Waals surface area contributed by atoms with Crippen molar-refractivity contribution in [1.29, 1.82) is 0 Å². The predicted molar refractivity (Wildman–Crippen MR) is 101 cm³/mol. The van der Waals surface area contributed by atoms with Gasteiger partial charge in [0.1, 0.15) is 11.6 Å². The van der Waals surface area contributed by atoms with Crippen LogP contribution < -0.4 is 5.56 Å². The van der Waals surface area contributed by atoms with E-state index in [9.17, 15) is 9.90 Å². The number of phenols is 1. The van der Waals surface area contributed by atoms with Crippen molar-refractivity contribution >= 4 is 21.7 Å². The van der Waals surface area contributed by atoms with Gasteiger partial charge < -0.3 is 5.11 Å². The molecule has 0 saturated carbocycles. The van der Waals surface area contributed by atoms with E-state index in [1.54, 1.807) is 10.6 Å². The van der Waals surface area contributed by atoms with E-state index < -0.39 is 0 Å². The Kier molecular flexibility index (Phi) is 3.53. The molecular formula is C21H18N2O2. The highest BCUT2D eigenvalue weighted by Crippen LogP contribution is 2.26. The molecule has 0 aliphatic rings. The Morgan fingerprint density at radius 3 is 2.52 bits per heavy atom. The maximum Gasteiger partial charge on any atom is 0.265 e. The van der Waals surface area contributed by atoms with Crippen molar-refractivity contribution in [2.45, 2.75) is 19.8 Å². The van der Waals surface area contributed by atoms with Gasteiger partial charge in [-0.25, -0.2) is 4.98 Å². The van der Waals surface area contributed by atoms with Crippen LogP contribution in [0.2, 0.25) is 0 Å². The van der Waals surface area contributed by atoms with Gasteiger partial charge in [0, 0.05) is 17.4 Å². The standard InChI is InChI=1S/C21H18N2O2/c1-13(2)20-22-18-12-15(24)10-11-17(18)21(25)23(20)19-9-5-7-14-6-3-4-8-16(14)19/h3-13,24H,1-2H3. The summed E-state index contributed by atoms with van der Waals surface area (Å²) in [5, 5.41) is 12.3. The molecule has 0 amide bonds. The van der Waals surface area contributed by atoms with Crippen LogP contribution in [0.25, 0.3) is 27.4 Å². The van der Waals surface area contributed by atoms with Gasteiger partial charge in [0.15, 0.2) is 0 Å². The summed E-state index contributed by atoms with van der Waals surface area (Å²) >= 11 is 0. The fourth-order valence-corrected chi connectivity index (χ4v) is 3.21. The summed E-state index contributed by atoms with van der Waals surface area (Å²) < 4.78 is 1.70. The van der Waals surface area contributed by atoms with Gasteiger partial charge in [-0.1, -0.05) is 50.2 Å². The molecule has 0 fully saturated rings. The molecule has 4 nitrogen and oxygen atoms in total. The van der Waals surface area contributed by atoms with Crippen LogP contribution in [0.1, 0.15) is 25.6 Å². The summed E-state index contributed by atoms with van der Waals surface area (Å²) in [6.07, 6.45) is 0. The van der Waals surface area contributed by atoms with Gasteiger partial charge in [-0.2, -0.15) is 0 Å². The smallest absolute Gasteiger partial charge is 0.265 e. The van der Waals surface area contributed by atoms with Gasteiger partial charge in [-0.05, 0) is 23.6 Å². The van der Waals surface area contributed by atoms with Crippen LogP contribution in [0.5, 0.6) is 5.75 Å². The van der Waals surface area contributed by atoms with E-state index in [0.29, 0.717) is 16.7 Å². The zero-order valence-electron chi connectivity index (χ0n) is 14.1. The zero-order chi connectivity index (χ0) is 17.6. The molecule has 4 aromatic rings. The molecule has 0 atom stereocenters. The molecule has 1 heterocycles. The minimum Gasteiger partial charge on any atom is -0.508 e. The Balaban J connectivity index is 2.16. The van der Waals surface area contributed by atoms with Crippen molar-refractivity contribution in [1.82, 2.24) is 9.55 Å². The van der Waals surface area contributed by atoms with E-state index in [-0.39, 0.29) is 17.2 Å². The molecule has 1 N–H and O–H groups in total. The van der Waals surface area contributed by atoms with E-state index >= 15 is 0 Å². The second kappa shape index (κ2) is 5.74. The molecule has 4 heteroatoms. The van der Waals surface area contributed by atoms with Crippen LogP contribution in [0, 0.1) is 0 Å². The highest BCUT2D eigenvalue weighted by Gasteiger charge is 2.17. The first-order chi connectivity index (χ1) is 12.1. The maximum atomic E-state index is 13.3. The van der Waals surface area contributed by atoms with Gasteiger partial charge in [0.2, 0.25) is 0 Å². The van der Waals surface area contributed by atoms with Crippen LogP contribution in [0.3, 0.4) is 0 Å². The van der Waals surface area contributed by atoms with Crippen LogP contribution in [0.15, 0.2) is 65.5 Å². The van der Waals surface area contributed by atoms with Crippen LogP contribution >= 0.6 is 0 Å². The number of benzene rings is 3. The van der Waals surface area contributed by atoms with Gasteiger partial charge in [-0.15, -0.1) is 0 Å². The topological polar surface area (TPSA) is 55.1 Å². The Morgan fingerprint density at radius 2 is 1.72 bits per heavy atom. The van der Waals surface area contributed by atoms with Crippen molar-refractivity contribution in [2.24, 2.45) is 0 Å². The molecule has 0 spiro atoms. The minimum atomic E-state index is -0.120. The largest absolute Gasteiger partial charge is 0.508 e. The quantitative estimate of drug-likeness (QED) is 0.594. The predicted octanol–water partition coefficient (Wildman–Crippen LogP) is 4.37. The van der Waals surface area contributed by atoms with Crippen molar-refractivity contribution in [3.63, 3.8) is 0 Å². The Bertz CT molecular complexity index is 1150. The Hall–Kier alpha value is -3.14. The molecule has 0 aliphatic heterocycles. The van der Waals surface area contributed by atoms with Crippen molar-refractivity contribution in [3.05, 3.63) is 76.8 Å². The number of aromatic hydroxyl groups is 1. The number of nitrogens with zero attached hydrogens (tertiary/aromatic N) is 2. The fourth-order valence-electron chi connectivity index (χ4n) is 3.21. The number of aromatic nitrogens is 2. The highest BCUT2D eigenvalue weighted by atomic mass is 16.3. The Labute approximate surface area is 145 Å². The zero-order valence-corrected chi connectivity index (χ0v) is 14.1. The number of hydrogen-bond acceptors (Lipinski definition) is 3. The van der Waals surface area contributed by atoms with Crippen molar-refractivity contribution in [2.75, 3.05) is 0 Å². The lowest BCUT2D eigenvalue weighted by Gasteiger charge is -2.17. The molecule has 0 bridgehead atoms. The number of hydrogen-bond donors (Lipinski definition) is 1. The molecular weight excluding hydrogens is 312 g/mol. The summed E-state index contributed by atoms with van der Waals surface area (Å²) in [7, 11) is 0. The second-order valence-electron chi connectivity index (χ2n) is 6.46. The van der Waals surface area contributed by atoms with Crippen LogP contribution in [-0.2, 0) is 0 Å². The van der Waals surface area contributed by atoms with Gasteiger partial charge in [-0.3, -0.25) is 9.36 Å². The van der Waals surface area contributed by atoms with Crippen LogP contribution in [0.4, 0.5) is 0 Å². The van der Waals surface area contributed by atoms with E-state index in [4.69, 9.17) is 0 Å². The van der Waals surface area contributed by atoms with Gasteiger partial charge in [0.25, 0.3) is 5.56 Å². The maximum absolute atomic E-state index is 13.3. The molecule has 25 heavy (non-hydrogen) atoms. The van der Waals surface area contributed by atoms with E-state index in [0.717, 1.165) is 16.5 Å². The molecule has 0 unspecified atom stereocenters. The summed E-state index contributed by atoms with van der Waals surface area (Å²) in [4.78, 5) is 17.9. The third kappa shape index (κ3) is 2.47. The fraction of sp³-hybridized carbons (Fsp3) is 0.143. The average molecular weight is 330 g/mol. The minimum absolute atomic E-state index is 0.0541. The molecule has 124 valence electrons. The summed E-state index contributed by atoms with van der Waals surface area (Å²) in [5.41, 5.74) is 1.23. The lowest BCUT2D eigenvalue weighted by molar-refractivity contribution is 0.476. The first-order valence-electron chi connectivity index (χ1n) is 8.30. The number of fused-ring (bicyclic) bond motifs is 2. The summed E-state index contributed by atoms with van der Waals surface area (Å²) in [5.74, 6) is 0.842. The molecule has 0 saturated heterocycles. The average Bonchev–Trinajstić information content (AvgIpc) is 2.61. The van der Waals surface area contributed by atoms with Crippen molar-refractivity contribution in [3.8, 4) is 11.4 Å². The molecule has 1 aromatic heterocycles. The first-order valence-corrected chi connectivity index (χ1v) is 8.30. The lowest BCUT2D eigenvalue weighted by Crippen LogP contribution is -2.24.